The molecule has 0 saturated carbocycles. The van der Waals surface area contributed by atoms with Gasteiger partial charge in [0.2, 0.25) is 0 Å². The zero-order chi connectivity index (χ0) is 19.1. The number of benzene rings is 3. The molecular weight excluding hydrogens is 342 g/mol. The molecule has 0 heterocycles. The van der Waals surface area contributed by atoms with Crippen molar-refractivity contribution in [2.45, 2.75) is 13.0 Å². The number of anilines is 1. The van der Waals surface area contributed by atoms with E-state index in [9.17, 15) is 9.59 Å². The molecule has 3 rings (SSSR count). The van der Waals surface area contributed by atoms with Crippen LogP contribution in [0.2, 0.25) is 0 Å². The lowest BCUT2D eigenvalue weighted by atomic mass is 10.1. The highest BCUT2D eigenvalue weighted by molar-refractivity contribution is 6.06. The number of aliphatic carboxylic acids is 1. The lowest BCUT2D eigenvalue weighted by Crippen LogP contribution is -2.13. The van der Waals surface area contributed by atoms with Gasteiger partial charge >= 0.3 is 5.97 Å². The minimum absolute atomic E-state index is 0.0103. The lowest BCUT2D eigenvalue weighted by Gasteiger charge is -2.12. The van der Waals surface area contributed by atoms with Gasteiger partial charge in [-0.3, -0.25) is 9.59 Å². The number of ether oxygens (including phenoxy) is 1. The Hall–Kier alpha value is -3.60. The molecule has 0 radical (unpaired) electrons. The van der Waals surface area contributed by atoms with Gasteiger partial charge < -0.3 is 15.2 Å². The molecule has 0 atom stereocenters. The Morgan fingerprint density at radius 1 is 0.815 bits per heavy atom. The first kappa shape index (κ1) is 18.2. The molecule has 5 nitrogen and oxygen atoms in total. The lowest BCUT2D eigenvalue weighted by molar-refractivity contribution is -0.136. The van der Waals surface area contributed by atoms with E-state index < -0.39 is 5.97 Å². The van der Waals surface area contributed by atoms with Gasteiger partial charge in [0.1, 0.15) is 12.4 Å². The van der Waals surface area contributed by atoms with Crippen LogP contribution in [0.3, 0.4) is 0 Å². The van der Waals surface area contributed by atoms with Crippen LogP contribution in [0, 0.1) is 0 Å². The summed E-state index contributed by atoms with van der Waals surface area (Å²) in [5, 5.41) is 11.7. The summed E-state index contributed by atoms with van der Waals surface area (Å²) in [6, 6.07) is 23.5. The summed E-state index contributed by atoms with van der Waals surface area (Å²) < 4.78 is 5.83. The van der Waals surface area contributed by atoms with Crippen LogP contribution >= 0.6 is 0 Å². The largest absolute Gasteiger partial charge is 0.488 e. The fourth-order valence-corrected chi connectivity index (χ4v) is 2.59. The predicted molar refractivity (Wildman–Crippen MR) is 103 cm³/mol. The van der Waals surface area contributed by atoms with Crippen molar-refractivity contribution in [3.05, 3.63) is 95.6 Å². The number of para-hydroxylation sites is 2. The maximum absolute atomic E-state index is 12.5. The molecule has 0 aromatic heterocycles. The molecule has 5 heteroatoms. The SMILES string of the molecule is O=C(O)Cc1ccc(COc2ccccc2C(=O)Nc2ccccc2)cc1. The normalized spacial score (nSPS) is 10.2. The van der Waals surface area contributed by atoms with E-state index in [2.05, 4.69) is 5.32 Å². The van der Waals surface area contributed by atoms with Crippen molar-refractivity contribution in [2.75, 3.05) is 5.32 Å². The number of carbonyl (C=O) groups is 2. The summed E-state index contributed by atoms with van der Waals surface area (Å²) in [5.41, 5.74) is 2.78. The van der Waals surface area contributed by atoms with Crippen molar-refractivity contribution >= 4 is 17.6 Å². The number of carboxylic acid groups (broad SMARTS) is 1. The first-order chi connectivity index (χ1) is 13.1. The highest BCUT2D eigenvalue weighted by Crippen LogP contribution is 2.21. The molecule has 2 N–H and O–H groups in total. The quantitative estimate of drug-likeness (QED) is 0.663. The third-order valence-electron chi connectivity index (χ3n) is 3.94. The molecule has 0 saturated heterocycles. The van der Waals surface area contributed by atoms with Crippen molar-refractivity contribution in [3.8, 4) is 5.75 Å². The topological polar surface area (TPSA) is 75.6 Å². The van der Waals surface area contributed by atoms with E-state index in [0.29, 0.717) is 17.0 Å². The zero-order valence-corrected chi connectivity index (χ0v) is 14.6. The minimum Gasteiger partial charge on any atom is -0.488 e. The van der Waals surface area contributed by atoms with Crippen molar-refractivity contribution < 1.29 is 19.4 Å². The standard InChI is InChI=1S/C22H19NO4/c24-21(25)14-16-10-12-17(13-11-16)15-27-20-9-5-4-8-19(20)22(26)23-18-6-2-1-3-7-18/h1-13H,14-15H2,(H,23,26)(H,24,25). The molecule has 0 bridgehead atoms. The Kier molecular flexibility index (Phi) is 5.84. The third kappa shape index (κ3) is 5.19. The maximum Gasteiger partial charge on any atom is 0.307 e. The van der Waals surface area contributed by atoms with Crippen molar-refractivity contribution in [1.29, 1.82) is 0 Å². The number of amides is 1. The summed E-state index contributed by atoms with van der Waals surface area (Å²) in [4.78, 5) is 23.3. The Labute approximate surface area is 157 Å². The molecule has 0 aliphatic carbocycles. The maximum atomic E-state index is 12.5. The number of rotatable bonds is 7. The Balaban J connectivity index is 1.67. The average Bonchev–Trinajstić information content (AvgIpc) is 2.68. The van der Waals surface area contributed by atoms with Gasteiger partial charge in [0.15, 0.2) is 0 Å². The van der Waals surface area contributed by atoms with Crippen LogP contribution in [0.4, 0.5) is 5.69 Å². The molecule has 0 aliphatic heterocycles. The minimum atomic E-state index is -0.864. The molecule has 136 valence electrons. The number of nitrogens with one attached hydrogen (secondary N) is 1. The second-order valence-electron chi connectivity index (χ2n) is 5.99. The molecule has 3 aromatic carbocycles. The molecule has 1 amide bonds. The smallest absolute Gasteiger partial charge is 0.307 e. The number of carboxylic acids is 1. The van der Waals surface area contributed by atoms with Crippen LogP contribution < -0.4 is 10.1 Å². The van der Waals surface area contributed by atoms with Crippen LogP contribution in [0.5, 0.6) is 5.75 Å². The fraction of sp³-hybridized carbons (Fsp3) is 0.0909. The van der Waals surface area contributed by atoms with E-state index in [-0.39, 0.29) is 18.9 Å². The molecule has 0 spiro atoms. The highest BCUT2D eigenvalue weighted by atomic mass is 16.5. The predicted octanol–water partition coefficient (Wildman–Crippen LogP) is 4.15. The summed E-state index contributed by atoms with van der Waals surface area (Å²) >= 11 is 0. The van der Waals surface area contributed by atoms with E-state index in [1.165, 1.54) is 0 Å². The first-order valence-electron chi connectivity index (χ1n) is 8.49. The number of carbonyl (C=O) groups excluding carboxylic acids is 1. The summed E-state index contributed by atoms with van der Waals surface area (Å²) in [7, 11) is 0. The Morgan fingerprint density at radius 2 is 1.44 bits per heavy atom. The third-order valence-corrected chi connectivity index (χ3v) is 3.94. The van der Waals surface area contributed by atoms with Crippen LogP contribution in [-0.4, -0.2) is 17.0 Å². The monoisotopic (exact) mass is 361 g/mol. The number of hydrogen-bond acceptors (Lipinski definition) is 3. The van der Waals surface area contributed by atoms with E-state index in [1.807, 2.05) is 48.5 Å². The summed E-state index contributed by atoms with van der Waals surface area (Å²) in [6.45, 7) is 0.281. The van der Waals surface area contributed by atoms with Crippen molar-refractivity contribution in [1.82, 2.24) is 0 Å². The van der Waals surface area contributed by atoms with Crippen molar-refractivity contribution in [2.24, 2.45) is 0 Å². The Morgan fingerprint density at radius 3 is 2.15 bits per heavy atom. The van der Waals surface area contributed by atoms with Gasteiger partial charge in [-0.2, -0.15) is 0 Å². The van der Waals surface area contributed by atoms with Crippen LogP contribution in [0.15, 0.2) is 78.9 Å². The van der Waals surface area contributed by atoms with E-state index in [1.54, 1.807) is 30.3 Å². The van der Waals surface area contributed by atoms with Gasteiger partial charge in [0.25, 0.3) is 5.91 Å². The average molecular weight is 361 g/mol. The fourth-order valence-electron chi connectivity index (χ4n) is 2.59. The second kappa shape index (κ2) is 8.67. The van der Waals surface area contributed by atoms with Crippen LogP contribution in [0.1, 0.15) is 21.5 Å². The summed E-state index contributed by atoms with van der Waals surface area (Å²) in [6.07, 6.45) is -0.0103. The van der Waals surface area contributed by atoms with E-state index in [4.69, 9.17) is 9.84 Å². The van der Waals surface area contributed by atoms with Gasteiger partial charge in [-0.15, -0.1) is 0 Å². The van der Waals surface area contributed by atoms with E-state index in [0.717, 1.165) is 11.1 Å². The first-order valence-corrected chi connectivity index (χ1v) is 8.49. The summed E-state index contributed by atoms with van der Waals surface area (Å²) in [5.74, 6) is -0.619. The van der Waals surface area contributed by atoms with Crippen molar-refractivity contribution in [3.63, 3.8) is 0 Å². The molecule has 27 heavy (non-hydrogen) atoms. The highest BCUT2D eigenvalue weighted by Gasteiger charge is 2.12. The van der Waals surface area contributed by atoms with Gasteiger partial charge in [0.05, 0.1) is 12.0 Å². The van der Waals surface area contributed by atoms with Crippen LogP contribution in [0.25, 0.3) is 0 Å². The van der Waals surface area contributed by atoms with E-state index >= 15 is 0 Å². The molecule has 0 fully saturated rings. The zero-order valence-electron chi connectivity index (χ0n) is 14.6. The molecular formula is C22H19NO4. The van der Waals surface area contributed by atoms with Gasteiger partial charge in [-0.25, -0.2) is 0 Å². The second-order valence-corrected chi connectivity index (χ2v) is 5.99. The molecule has 0 unspecified atom stereocenters. The van der Waals surface area contributed by atoms with Gasteiger partial charge in [0, 0.05) is 5.69 Å². The Bertz CT molecular complexity index is 921. The van der Waals surface area contributed by atoms with Gasteiger partial charge in [-0.05, 0) is 35.4 Å². The number of hydrogen-bond donors (Lipinski definition) is 2. The molecule has 0 aliphatic rings. The van der Waals surface area contributed by atoms with Crippen LogP contribution in [-0.2, 0) is 17.8 Å². The molecule has 3 aromatic rings. The van der Waals surface area contributed by atoms with Gasteiger partial charge in [-0.1, -0.05) is 54.6 Å².